The Hall–Kier alpha value is -1.49. The van der Waals surface area contributed by atoms with Crippen LogP contribution in [0.15, 0.2) is 18.2 Å². The number of rotatable bonds is 4. The van der Waals surface area contributed by atoms with E-state index < -0.39 is 11.6 Å². The van der Waals surface area contributed by atoms with Crippen molar-refractivity contribution in [3.8, 4) is 0 Å². The van der Waals surface area contributed by atoms with Crippen LogP contribution in [0.2, 0.25) is 0 Å². The average Bonchev–Trinajstić information content (AvgIpc) is 3.33. The number of nitrogens with zero attached hydrogens (tertiary/aromatic N) is 1. The van der Waals surface area contributed by atoms with E-state index in [4.69, 9.17) is 0 Å². The molecule has 3 nitrogen and oxygen atoms in total. The van der Waals surface area contributed by atoms with Gasteiger partial charge in [-0.15, -0.1) is 0 Å². The molecule has 1 aromatic rings. The quantitative estimate of drug-likeness (QED) is 0.925. The zero-order valence-corrected chi connectivity index (χ0v) is 11.9. The zero-order valence-electron chi connectivity index (χ0n) is 11.9. The Bertz CT molecular complexity index is 523. The third-order valence-corrected chi connectivity index (χ3v) is 4.31. The highest BCUT2D eigenvalue weighted by molar-refractivity contribution is 5.81. The predicted octanol–water partition coefficient (Wildman–Crippen LogP) is 2.46. The summed E-state index contributed by atoms with van der Waals surface area (Å²) in [6.45, 7) is 2.12. The van der Waals surface area contributed by atoms with Crippen molar-refractivity contribution in [3.63, 3.8) is 0 Å². The second-order valence-electron chi connectivity index (χ2n) is 6.00. The summed E-state index contributed by atoms with van der Waals surface area (Å²) in [6.07, 6.45) is 3.94. The maximum absolute atomic E-state index is 13.1. The fourth-order valence-electron chi connectivity index (χ4n) is 2.80. The summed E-state index contributed by atoms with van der Waals surface area (Å²) < 4.78 is 26.0. The van der Waals surface area contributed by atoms with E-state index in [9.17, 15) is 13.6 Å². The number of hydrogen-bond donors (Lipinski definition) is 1. The highest BCUT2D eigenvalue weighted by atomic mass is 19.2. The van der Waals surface area contributed by atoms with Crippen molar-refractivity contribution in [2.45, 2.75) is 38.3 Å². The summed E-state index contributed by atoms with van der Waals surface area (Å²) in [7, 11) is 0. The lowest BCUT2D eigenvalue weighted by molar-refractivity contribution is -0.133. The Morgan fingerprint density at radius 1 is 1.14 bits per heavy atom. The van der Waals surface area contributed by atoms with Crippen LogP contribution in [0.5, 0.6) is 0 Å². The number of amides is 1. The molecular formula is C16H20F2N2O. The van der Waals surface area contributed by atoms with Crippen LogP contribution < -0.4 is 5.32 Å². The van der Waals surface area contributed by atoms with Gasteiger partial charge < -0.3 is 10.2 Å². The third kappa shape index (κ3) is 3.59. The maximum Gasteiger partial charge on any atom is 0.225 e. The first-order chi connectivity index (χ1) is 10.1. The van der Waals surface area contributed by atoms with E-state index in [-0.39, 0.29) is 5.92 Å². The highest BCUT2D eigenvalue weighted by Gasteiger charge is 2.34. The lowest BCUT2D eigenvalue weighted by Crippen LogP contribution is -2.45. The highest BCUT2D eigenvalue weighted by Crippen LogP contribution is 2.31. The molecule has 2 aliphatic rings. The molecule has 2 fully saturated rings. The van der Waals surface area contributed by atoms with Crippen molar-refractivity contribution < 1.29 is 13.6 Å². The third-order valence-electron chi connectivity index (χ3n) is 4.31. The fourth-order valence-corrected chi connectivity index (χ4v) is 2.80. The van der Waals surface area contributed by atoms with Gasteiger partial charge >= 0.3 is 0 Å². The number of piperidine rings is 1. The van der Waals surface area contributed by atoms with Crippen LogP contribution in [-0.2, 0) is 11.3 Å². The summed E-state index contributed by atoms with van der Waals surface area (Å²) in [5, 5.41) is 3.36. The fraction of sp³-hybridized carbons (Fsp3) is 0.562. The second kappa shape index (κ2) is 6.10. The lowest BCUT2D eigenvalue weighted by atomic mass is 10.0. The van der Waals surface area contributed by atoms with Gasteiger partial charge in [-0.25, -0.2) is 8.78 Å². The normalized spacial score (nSPS) is 19.8. The number of hydrogen-bond acceptors (Lipinski definition) is 2. The van der Waals surface area contributed by atoms with Crippen LogP contribution >= 0.6 is 0 Å². The van der Waals surface area contributed by atoms with Gasteiger partial charge in [-0.3, -0.25) is 4.79 Å². The van der Waals surface area contributed by atoms with E-state index in [1.165, 1.54) is 6.07 Å². The van der Waals surface area contributed by atoms with Crippen molar-refractivity contribution in [1.29, 1.82) is 0 Å². The summed E-state index contributed by atoms with van der Waals surface area (Å²) in [6, 6.07) is 4.32. The lowest BCUT2D eigenvalue weighted by Gasteiger charge is -2.32. The largest absolute Gasteiger partial charge is 0.342 e. The van der Waals surface area contributed by atoms with Crippen LogP contribution in [0.1, 0.15) is 31.2 Å². The number of benzene rings is 1. The Morgan fingerprint density at radius 2 is 1.86 bits per heavy atom. The molecule has 0 radical (unpaired) electrons. The minimum Gasteiger partial charge on any atom is -0.342 e. The molecule has 1 N–H and O–H groups in total. The number of halogens is 2. The minimum atomic E-state index is -0.814. The predicted molar refractivity (Wildman–Crippen MR) is 75.5 cm³/mol. The molecule has 5 heteroatoms. The summed E-state index contributed by atoms with van der Waals surface area (Å²) >= 11 is 0. The van der Waals surface area contributed by atoms with Crippen molar-refractivity contribution in [3.05, 3.63) is 35.4 Å². The van der Waals surface area contributed by atoms with E-state index in [1.807, 2.05) is 4.90 Å². The molecule has 1 aromatic carbocycles. The number of nitrogens with one attached hydrogen (secondary N) is 1. The first kappa shape index (κ1) is 14.4. The van der Waals surface area contributed by atoms with E-state index in [2.05, 4.69) is 5.32 Å². The van der Waals surface area contributed by atoms with Gasteiger partial charge in [0.15, 0.2) is 11.6 Å². The molecule has 3 rings (SSSR count). The van der Waals surface area contributed by atoms with Gasteiger partial charge in [-0.1, -0.05) is 6.07 Å². The number of carbonyl (C=O) groups is 1. The van der Waals surface area contributed by atoms with Gasteiger partial charge in [0.2, 0.25) is 5.91 Å². The number of likely N-dealkylation sites (tertiary alicyclic amines) is 1. The second-order valence-corrected chi connectivity index (χ2v) is 6.00. The molecule has 1 heterocycles. The van der Waals surface area contributed by atoms with Gasteiger partial charge in [0, 0.05) is 31.6 Å². The topological polar surface area (TPSA) is 32.3 Å². The molecule has 1 saturated carbocycles. The van der Waals surface area contributed by atoms with Gasteiger partial charge in [-0.2, -0.15) is 0 Å². The van der Waals surface area contributed by atoms with Crippen molar-refractivity contribution >= 4 is 5.91 Å². The molecule has 0 atom stereocenters. The van der Waals surface area contributed by atoms with E-state index >= 15 is 0 Å². The SMILES string of the molecule is O=C(C1CC1)N1CCC(NCc2ccc(F)c(F)c2)CC1. The van der Waals surface area contributed by atoms with Gasteiger partial charge in [-0.05, 0) is 43.4 Å². The first-order valence-electron chi connectivity index (χ1n) is 7.59. The smallest absolute Gasteiger partial charge is 0.225 e. The molecule has 0 unspecified atom stereocenters. The average molecular weight is 294 g/mol. The minimum absolute atomic E-state index is 0.289. The van der Waals surface area contributed by atoms with Gasteiger partial charge in [0.05, 0.1) is 0 Å². The Morgan fingerprint density at radius 3 is 2.48 bits per heavy atom. The molecule has 114 valence electrons. The van der Waals surface area contributed by atoms with Crippen molar-refractivity contribution in [2.75, 3.05) is 13.1 Å². The Kier molecular flexibility index (Phi) is 4.19. The molecule has 0 aromatic heterocycles. The number of carbonyl (C=O) groups excluding carboxylic acids is 1. The van der Waals surface area contributed by atoms with Crippen LogP contribution in [0.3, 0.4) is 0 Å². The van der Waals surface area contributed by atoms with Crippen LogP contribution in [-0.4, -0.2) is 29.9 Å². The van der Waals surface area contributed by atoms with Gasteiger partial charge in [0.1, 0.15) is 0 Å². The standard InChI is InChI=1S/C16H20F2N2O/c17-14-4-1-11(9-15(14)18)10-19-13-5-7-20(8-6-13)16(21)12-2-3-12/h1,4,9,12-13,19H,2-3,5-8,10H2. The zero-order chi connectivity index (χ0) is 14.8. The van der Waals surface area contributed by atoms with Crippen molar-refractivity contribution in [2.24, 2.45) is 5.92 Å². The van der Waals surface area contributed by atoms with E-state index in [1.54, 1.807) is 6.07 Å². The monoisotopic (exact) mass is 294 g/mol. The first-order valence-corrected chi connectivity index (χ1v) is 7.59. The van der Waals surface area contributed by atoms with E-state index in [0.717, 1.165) is 50.4 Å². The molecule has 21 heavy (non-hydrogen) atoms. The molecular weight excluding hydrogens is 274 g/mol. The van der Waals surface area contributed by atoms with Crippen molar-refractivity contribution in [1.82, 2.24) is 10.2 Å². The van der Waals surface area contributed by atoms with E-state index in [0.29, 0.717) is 18.5 Å². The molecule has 1 aliphatic carbocycles. The Labute approximate surface area is 123 Å². The van der Waals surface area contributed by atoms with Crippen LogP contribution in [0.4, 0.5) is 8.78 Å². The summed E-state index contributed by atoms with van der Waals surface area (Å²) in [4.78, 5) is 13.9. The molecule has 1 aliphatic heterocycles. The molecule has 0 bridgehead atoms. The van der Waals surface area contributed by atoms with Crippen LogP contribution in [0.25, 0.3) is 0 Å². The van der Waals surface area contributed by atoms with Gasteiger partial charge in [0.25, 0.3) is 0 Å². The maximum atomic E-state index is 13.1. The molecule has 0 spiro atoms. The summed E-state index contributed by atoms with van der Waals surface area (Å²) in [5.41, 5.74) is 0.741. The molecule has 1 amide bonds. The summed E-state index contributed by atoms with van der Waals surface area (Å²) in [5.74, 6) is -1.02. The molecule has 1 saturated heterocycles. The van der Waals surface area contributed by atoms with Crippen LogP contribution in [0, 0.1) is 17.6 Å². The Balaban J connectivity index is 1.44.